The predicted molar refractivity (Wildman–Crippen MR) is 102 cm³/mol. The van der Waals surface area contributed by atoms with E-state index in [2.05, 4.69) is 15.5 Å². The summed E-state index contributed by atoms with van der Waals surface area (Å²) in [6.45, 7) is 3.32. The first-order valence-corrected chi connectivity index (χ1v) is 9.15. The lowest BCUT2D eigenvalue weighted by Crippen LogP contribution is -2.14. The van der Waals surface area contributed by atoms with E-state index in [9.17, 15) is 18.0 Å². The van der Waals surface area contributed by atoms with Gasteiger partial charge in [0.2, 0.25) is 0 Å². The zero-order valence-electron chi connectivity index (χ0n) is 16.9. The van der Waals surface area contributed by atoms with Gasteiger partial charge in [0.25, 0.3) is 0 Å². The molecule has 31 heavy (non-hydrogen) atoms. The molecule has 0 saturated heterocycles. The maximum absolute atomic E-state index is 12.7. The maximum atomic E-state index is 12.7. The summed E-state index contributed by atoms with van der Waals surface area (Å²) in [5.41, 5.74) is -0.324. The van der Waals surface area contributed by atoms with Crippen molar-refractivity contribution in [2.75, 3.05) is 7.11 Å². The van der Waals surface area contributed by atoms with E-state index in [0.29, 0.717) is 11.5 Å². The molecule has 0 fully saturated rings. The summed E-state index contributed by atoms with van der Waals surface area (Å²) in [4.78, 5) is 12.6. The van der Waals surface area contributed by atoms with Crippen molar-refractivity contribution >= 4 is 5.97 Å². The van der Waals surface area contributed by atoms with Crippen LogP contribution in [0.3, 0.4) is 0 Å². The van der Waals surface area contributed by atoms with Crippen molar-refractivity contribution in [3.8, 4) is 17.2 Å². The molecular weight excluding hydrogens is 417 g/mol. The number of ether oxygens (including phenoxy) is 3. The Bertz CT molecular complexity index is 1050. The summed E-state index contributed by atoms with van der Waals surface area (Å²) in [6, 6.07) is 8.96. The topological polar surface area (TPSA) is 88.4 Å². The lowest BCUT2D eigenvalue weighted by molar-refractivity contribution is -0.137. The van der Waals surface area contributed by atoms with Gasteiger partial charge in [-0.1, -0.05) is 0 Å². The zero-order valence-corrected chi connectivity index (χ0v) is 16.9. The highest BCUT2D eigenvalue weighted by molar-refractivity contribution is 5.92. The Morgan fingerprint density at radius 3 is 2.45 bits per heavy atom. The monoisotopic (exact) mass is 436 g/mol. The van der Waals surface area contributed by atoms with E-state index in [1.165, 1.54) is 30.0 Å². The molecule has 0 aliphatic rings. The molecule has 0 bridgehead atoms. The number of tetrazole rings is 1. The fourth-order valence-corrected chi connectivity index (χ4v) is 2.65. The highest BCUT2D eigenvalue weighted by Gasteiger charge is 2.30. The van der Waals surface area contributed by atoms with Gasteiger partial charge in [-0.2, -0.15) is 17.9 Å². The van der Waals surface area contributed by atoms with Gasteiger partial charge in [0.05, 0.1) is 24.5 Å². The zero-order chi connectivity index (χ0) is 22.6. The third-order valence-corrected chi connectivity index (χ3v) is 4.08. The van der Waals surface area contributed by atoms with E-state index in [1.54, 1.807) is 12.1 Å². The number of esters is 1. The number of benzene rings is 2. The van der Waals surface area contributed by atoms with Gasteiger partial charge in [-0.3, -0.25) is 0 Å². The molecule has 1 aromatic heterocycles. The van der Waals surface area contributed by atoms with Gasteiger partial charge in [-0.15, -0.1) is 5.10 Å². The summed E-state index contributed by atoms with van der Waals surface area (Å²) >= 11 is 0. The molecule has 0 spiro atoms. The molecule has 0 atom stereocenters. The first kappa shape index (κ1) is 22.1. The second-order valence-corrected chi connectivity index (χ2v) is 6.66. The number of hydrogen-bond donors (Lipinski definition) is 0. The van der Waals surface area contributed by atoms with E-state index < -0.39 is 17.7 Å². The van der Waals surface area contributed by atoms with Gasteiger partial charge < -0.3 is 14.2 Å². The Labute approximate surface area is 175 Å². The summed E-state index contributed by atoms with van der Waals surface area (Å²) < 4.78 is 55.6. The second-order valence-electron chi connectivity index (χ2n) is 6.66. The third-order valence-electron chi connectivity index (χ3n) is 4.08. The van der Waals surface area contributed by atoms with E-state index in [-0.39, 0.29) is 29.8 Å². The average molecular weight is 436 g/mol. The van der Waals surface area contributed by atoms with Crippen LogP contribution in [0.1, 0.15) is 35.6 Å². The number of rotatable bonds is 7. The molecule has 11 heteroatoms. The minimum atomic E-state index is -4.45. The Morgan fingerprint density at radius 1 is 1.13 bits per heavy atom. The fourth-order valence-electron chi connectivity index (χ4n) is 2.65. The van der Waals surface area contributed by atoms with Crippen molar-refractivity contribution in [2.24, 2.45) is 0 Å². The largest absolute Gasteiger partial charge is 0.497 e. The minimum Gasteiger partial charge on any atom is -0.497 e. The highest BCUT2D eigenvalue weighted by atomic mass is 19.4. The van der Waals surface area contributed by atoms with Crippen LogP contribution in [0.15, 0.2) is 42.5 Å². The molecule has 0 aliphatic heterocycles. The molecule has 1 heterocycles. The van der Waals surface area contributed by atoms with Crippen LogP contribution in [0, 0.1) is 0 Å². The quantitative estimate of drug-likeness (QED) is 0.520. The molecule has 0 unspecified atom stereocenters. The van der Waals surface area contributed by atoms with Crippen LogP contribution in [0.5, 0.6) is 11.5 Å². The van der Waals surface area contributed by atoms with Gasteiger partial charge in [-0.25, -0.2) is 4.79 Å². The first-order valence-electron chi connectivity index (χ1n) is 9.15. The number of carbonyl (C=O) groups is 1. The summed E-state index contributed by atoms with van der Waals surface area (Å²) in [5, 5.41) is 11.0. The molecule has 0 aliphatic carbocycles. The Balaban J connectivity index is 1.76. The SMILES string of the molecule is COc1ccc(C(=O)OCc2nnnn2-c2ccc(C(F)(F)F)cc2)c(OC(C)C)c1. The van der Waals surface area contributed by atoms with Crippen molar-refractivity contribution in [2.45, 2.75) is 32.7 Å². The first-order chi connectivity index (χ1) is 14.7. The normalized spacial score (nSPS) is 11.5. The van der Waals surface area contributed by atoms with Crippen molar-refractivity contribution in [1.29, 1.82) is 0 Å². The predicted octanol–water partition coefficient (Wildman–Crippen LogP) is 3.83. The maximum Gasteiger partial charge on any atom is 0.416 e. The van der Waals surface area contributed by atoms with Gasteiger partial charge in [0.1, 0.15) is 17.1 Å². The fraction of sp³-hybridized carbons (Fsp3) is 0.300. The van der Waals surface area contributed by atoms with Crippen LogP contribution in [0.2, 0.25) is 0 Å². The lowest BCUT2D eigenvalue weighted by Gasteiger charge is -2.15. The van der Waals surface area contributed by atoms with Crippen molar-refractivity contribution in [1.82, 2.24) is 20.2 Å². The number of carbonyl (C=O) groups excluding carboxylic acids is 1. The number of nitrogens with zero attached hydrogens (tertiary/aromatic N) is 4. The van der Waals surface area contributed by atoms with E-state index in [4.69, 9.17) is 14.2 Å². The van der Waals surface area contributed by atoms with Crippen LogP contribution < -0.4 is 9.47 Å². The Hall–Kier alpha value is -3.63. The van der Waals surface area contributed by atoms with Crippen LogP contribution in [0.4, 0.5) is 13.2 Å². The molecular formula is C20H19F3N4O4. The highest BCUT2D eigenvalue weighted by Crippen LogP contribution is 2.30. The molecule has 8 nitrogen and oxygen atoms in total. The van der Waals surface area contributed by atoms with E-state index >= 15 is 0 Å². The second kappa shape index (κ2) is 9.02. The molecule has 0 N–H and O–H groups in total. The lowest BCUT2D eigenvalue weighted by atomic mass is 10.2. The summed E-state index contributed by atoms with van der Waals surface area (Å²) in [6.07, 6.45) is -4.64. The standard InChI is InChI=1S/C20H19F3N4O4/c1-12(2)31-17-10-15(29-3)8-9-16(17)19(28)30-11-18-24-25-26-27(18)14-6-4-13(5-7-14)20(21,22)23/h4-10,12H,11H2,1-3H3. The van der Waals surface area contributed by atoms with Crippen LogP contribution in [-0.2, 0) is 17.5 Å². The molecule has 3 rings (SSSR count). The number of methoxy groups -OCH3 is 1. The molecule has 0 amide bonds. The van der Waals surface area contributed by atoms with E-state index in [0.717, 1.165) is 12.1 Å². The van der Waals surface area contributed by atoms with Crippen LogP contribution >= 0.6 is 0 Å². The van der Waals surface area contributed by atoms with Crippen molar-refractivity contribution < 1.29 is 32.2 Å². The number of halogens is 3. The third kappa shape index (κ3) is 5.30. The minimum absolute atomic E-state index is 0.132. The van der Waals surface area contributed by atoms with E-state index in [1.807, 2.05) is 13.8 Å². The van der Waals surface area contributed by atoms with Gasteiger partial charge in [-0.05, 0) is 60.7 Å². The van der Waals surface area contributed by atoms with Gasteiger partial charge >= 0.3 is 12.1 Å². The molecule has 3 aromatic rings. The number of aromatic nitrogens is 4. The van der Waals surface area contributed by atoms with Crippen LogP contribution in [-0.4, -0.2) is 39.4 Å². The molecule has 0 radical (unpaired) electrons. The number of hydrogen-bond acceptors (Lipinski definition) is 7. The number of alkyl halides is 3. The summed E-state index contributed by atoms with van der Waals surface area (Å²) in [7, 11) is 1.49. The Kier molecular flexibility index (Phi) is 6.42. The average Bonchev–Trinajstić information content (AvgIpc) is 3.19. The van der Waals surface area contributed by atoms with Gasteiger partial charge in [0, 0.05) is 6.07 Å². The summed E-state index contributed by atoms with van der Waals surface area (Å²) in [5.74, 6) is 0.258. The molecule has 0 saturated carbocycles. The smallest absolute Gasteiger partial charge is 0.416 e. The van der Waals surface area contributed by atoms with Crippen molar-refractivity contribution in [3.05, 3.63) is 59.4 Å². The molecule has 164 valence electrons. The van der Waals surface area contributed by atoms with Gasteiger partial charge in [0.15, 0.2) is 12.4 Å². The van der Waals surface area contributed by atoms with Crippen LogP contribution in [0.25, 0.3) is 5.69 Å². The molecule has 2 aromatic carbocycles. The Morgan fingerprint density at radius 2 is 1.84 bits per heavy atom. The van der Waals surface area contributed by atoms with Crippen molar-refractivity contribution in [3.63, 3.8) is 0 Å².